The zero-order chi connectivity index (χ0) is 23.8. The van der Waals surface area contributed by atoms with Crippen molar-refractivity contribution in [1.29, 1.82) is 0 Å². The third kappa shape index (κ3) is 8.00. The molecule has 2 heterocycles. The van der Waals surface area contributed by atoms with E-state index in [1.165, 1.54) is 37.4 Å². The van der Waals surface area contributed by atoms with Gasteiger partial charge in [-0.25, -0.2) is 0 Å². The van der Waals surface area contributed by atoms with Crippen molar-refractivity contribution in [2.75, 3.05) is 12.8 Å². The predicted molar refractivity (Wildman–Crippen MR) is 130 cm³/mol. The predicted octanol–water partition coefficient (Wildman–Crippen LogP) is 2.24. The van der Waals surface area contributed by atoms with E-state index in [0.29, 0.717) is 5.92 Å². The van der Waals surface area contributed by atoms with Crippen molar-refractivity contribution in [3.63, 3.8) is 0 Å². The number of ether oxygens (including phenoxy) is 1. The second kappa shape index (κ2) is 13.7. The van der Waals surface area contributed by atoms with Gasteiger partial charge in [-0.2, -0.15) is 0 Å². The first-order chi connectivity index (χ1) is 15.1. The first kappa shape index (κ1) is 28.1. The molecule has 7 nitrogen and oxygen atoms in total. The molecule has 0 aromatic heterocycles. The van der Waals surface area contributed by atoms with Crippen LogP contribution in [0.3, 0.4) is 0 Å². The molecule has 0 saturated carbocycles. The van der Waals surface area contributed by atoms with Crippen LogP contribution in [0.1, 0.15) is 65.7 Å². The fourth-order valence-electron chi connectivity index (χ4n) is 4.70. The third-order valence-corrected chi connectivity index (χ3v) is 7.89. The van der Waals surface area contributed by atoms with Crippen LogP contribution >= 0.6 is 23.4 Å². The van der Waals surface area contributed by atoms with Gasteiger partial charge in [0.05, 0.1) is 17.5 Å². The van der Waals surface area contributed by atoms with E-state index in [9.17, 15) is 20.1 Å². The minimum Gasteiger partial charge on any atom is -0.388 e. The van der Waals surface area contributed by atoms with E-state index >= 15 is 0 Å². The van der Waals surface area contributed by atoms with Crippen LogP contribution in [-0.2, 0) is 9.53 Å². The van der Waals surface area contributed by atoms with Crippen molar-refractivity contribution in [1.82, 2.24) is 10.6 Å². The first-order valence-electron chi connectivity index (χ1n) is 12.1. The lowest BCUT2D eigenvalue weighted by Crippen LogP contribution is -2.65. The lowest BCUT2D eigenvalue weighted by molar-refractivity contribution is -0.205. The molecule has 2 rings (SSSR count). The number of amides is 1. The van der Waals surface area contributed by atoms with Gasteiger partial charge in [0.1, 0.15) is 29.9 Å². The molecule has 5 N–H and O–H groups in total. The summed E-state index contributed by atoms with van der Waals surface area (Å²) >= 11 is 7.61. The summed E-state index contributed by atoms with van der Waals surface area (Å²) in [7, 11) is 0. The van der Waals surface area contributed by atoms with Gasteiger partial charge in [0.2, 0.25) is 5.91 Å². The van der Waals surface area contributed by atoms with Gasteiger partial charge in [0.15, 0.2) is 0 Å². The third-order valence-electron chi connectivity index (χ3n) is 6.76. The second-order valence-electron chi connectivity index (χ2n) is 9.81. The Morgan fingerprint density at radius 3 is 2.47 bits per heavy atom. The van der Waals surface area contributed by atoms with Crippen molar-refractivity contribution in [2.24, 2.45) is 11.8 Å². The molecule has 4 unspecified atom stereocenters. The highest BCUT2D eigenvalue weighted by Crippen LogP contribution is 2.30. The lowest BCUT2D eigenvalue weighted by Gasteiger charge is -2.44. The number of hydrogen-bond acceptors (Lipinski definition) is 7. The molecule has 0 aromatic carbocycles. The summed E-state index contributed by atoms with van der Waals surface area (Å²) in [6.07, 6.45) is 4.74. The van der Waals surface area contributed by atoms with Crippen LogP contribution in [0.2, 0.25) is 0 Å². The highest BCUT2D eigenvalue weighted by atomic mass is 35.5. The maximum Gasteiger partial charge on any atom is 0.237 e. The molecule has 2 aliphatic heterocycles. The Balaban J connectivity index is 1.92. The lowest BCUT2D eigenvalue weighted by atomic mass is 9.91. The zero-order valence-corrected chi connectivity index (χ0v) is 21.4. The first-order valence-corrected chi connectivity index (χ1v) is 13.8. The van der Waals surface area contributed by atoms with Crippen molar-refractivity contribution in [2.45, 2.75) is 113 Å². The summed E-state index contributed by atoms with van der Waals surface area (Å²) in [5, 5.41) is 36.6. The minimum atomic E-state index is -1.37. The number of aliphatic hydroxyl groups is 3. The number of thioether (sulfide) groups is 1. The fourth-order valence-corrected chi connectivity index (χ4v) is 5.58. The monoisotopic (exact) mass is 494 g/mol. The topological polar surface area (TPSA) is 111 Å². The minimum absolute atomic E-state index is 0.167. The second-order valence-corrected chi connectivity index (χ2v) is 11.4. The van der Waals surface area contributed by atoms with Gasteiger partial charge in [-0.05, 0) is 50.8 Å². The number of nitrogens with one attached hydrogen (secondary N) is 2. The SMILES string of the molecule is CSC1O[C@H]([C@H](NC(=O)[C@@H]2CC[C@H](CCCCC(C)C)CCN2)[C@H](C)Cl)C(O)C(O)C1O. The van der Waals surface area contributed by atoms with E-state index in [4.69, 9.17) is 16.3 Å². The molecule has 2 fully saturated rings. The smallest absolute Gasteiger partial charge is 0.237 e. The van der Waals surface area contributed by atoms with Crippen LogP contribution in [0.5, 0.6) is 0 Å². The maximum atomic E-state index is 13.1. The largest absolute Gasteiger partial charge is 0.388 e. The average molecular weight is 495 g/mol. The number of carbonyl (C=O) groups is 1. The van der Waals surface area contributed by atoms with E-state index in [1.54, 1.807) is 13.2 Å². The highest BCUT2D eigenvalue weighted by Gasteiger charge is 2.48. The van der Waals surface area contributed by atoms with Crippen molar-refractivity contribution >= 4 is 29.3 Å². The van der Waals surface area contributed by atoms with Gasteiger partial charge < -0.3 is 30.7 Å². The summed E-state index contributed by atoms with van der Waals surface area (Å²) < 4.78 is 5.84. The quantitative estimate of drug-likeness (QED) is 0.234. The summed E-state index contributed by atoms with van der Waals surface area (Å²) in [5.74, 6) is 1.22. The van der Waals surface area contributed by atoms with Gasteiger partial charge in [0.25, 0.3) is 0 Å². The van der Waals surface area contributed by atoms with E-state index in [-0.39, 0.29) is 11.9 Å². The molecular weight excluding hydrogens is 452 g/mol. The van der Waals surface area contributed by atoms with Crippen LogP contribution in [0.15, 0.2) is 0 Å². The molecule has 0 aliphatic carbocycles. The molecule has 1 amide bonds. The van der Waals surface area contributed by atoms with Crippen LogP contribution in [0, 0.1) is 11.8 Å². The highest BCUT2D eigenvalue weighted by molar-refractivity contribution is 7.99. The number of hydrogen-bond donors (Lipinski definition) is 5. The molecule has 2 saturated heterocycles. The van der Waals surface area contributed by atoms with Crippen LogP contribution in [0.25, 0.3) is 0 Å². The Hall–Kier alpha value is -0.0900. The molecule has 188 valence electrons. The number of unbranched alkanes of at least 4 members (excludes halogenated alkanes) is 1. The molecule has 2 aliphatic rings. The number of carbonyl (C=O) groups excluding carboxylic acids is 1. The van der Waals surface area contributed by atoms with Crippen LogP contribution < -0.4 is 10.6 Å². The number of aliphatic hydroxyl groups excluding tert-OH is 3. The van der Waals surface area contributed by atoms with Gasteiger partial charge in [-0.15, -0.1) is 23.4 Å². The summed E-state index contributed by atoms with van der Waals surface area (Å²) in [4.78, 5) is 13.1. The molecule has 0 spiro atoms. The molecular formula is C23H43ClN2O5S. The summed E-state index contributed by atoms with van der Waals surface area (Å²) in [5.41, 5.74) is -0.708. The molecule has 9 heteroatoms. The Morgan fingerprint density at radius 2 is 1.84 bits per heavy atom. The Bertz CT molecular complexity index is 569. The van der Waals surface area contributed by atoms with E-state index in [2.05, 4.69) is 24.5 Å². The molecule has 9 atom stereocenters. The van der Waals surface area contributed by atoms with Crippen LogP contribution in [0.4, 0.5) is 0 Å². The molecule has 32 heavy (non-hydrogen) atoms. The van der Waals surface area contributed by atoms with Crippen LogP contribution in [-0.4, -0.2) is 81.3 Å². The van der Waals surface area contributed by atoms with E-state index in [0.717, 1.165) is 31.7 Å². The molecule has 0 radical (unpaired) electrons. The molecule has 0 bridgehead atoms. The van der Waals surface area contributed by atoms with Gasteiger partial charge >= 0.3 is 0 Å². The van der Waals surface area contributed by atoms with Gasteiger partial charge in [-0.3, -0.25) is 4.79 Å². The van der Waals surface area contributed by atoms with E-state index in [1.807, 2.05) is 0 Å². The standard InChI is InChI=1S/C23H43ClN2O5S/c1-13(2)7-5-6-8-15-9-10-16(25-12-11-15)22(30)26-17(14(3)24)21-19(28)18(27)20(29)23(31-21)32-4/h13-21,23,25,27-29H,5-12H2,1-4H3,(H,26,30)/t14-,15-,16-,17+,18?,19?,20?,21+,23?/m0/s1. The average Bonchev–Trinajstić information content (AvgIpc) is 2.99. The zero-order valence-electron chi connectivity index (χ0n) is 19.9. The maximum absolute atomic E-state index is 13.1. The van der Waals surface area contributed by atoms with E-state index < -0.39 is 41.3 Å². The Labute approximate surface area is 202 Å². The van der Waals surface area contributed by atoms with Crippen molar-refractivity contribution in [3.8, 4) is 0 Å². The Kier molecular flexibility index (Phi) is 12.1. The summed E-state index contributed by atoms with van der Waals surface area (Å²) in [6.45, 7) is 7.04. The number of alkyl halides is 1. The number of halogens is 1. The van der Waals surface area contributed by atoms with Gasteiger partial charge in [0, 0.05) is 0 Å². The van der Waals surface area contributed by atoms with Crippen molar-refractivity contribution < 1.29 is 24.9 Å². The Morgan fingerprint density at radius 1 is 1.12 bits per heavy atom. The normalized spacial score (nSPS) is 35.8. The summed E-state index contributed by atoms with van der Waals surface area (Å²) in [6, 6.07) is -1.02. The fraction of sp³-hybridized carbons (Fsp3) is 0.957. The van der Waals surface area contributed by atoms with Gasteiger partial charge in [-0.1, -0.05) is 39.5 Å². The van der Waals surface area contributed by atoms with Crippen molar-refractivity contribution in [3.05, 3.63) is 0 Å². The molecule has 0 aromatic rings. The number of rotatable bonds is 10.